The zero-order chi connectivity index (χ0) is 20.1. The van der Waals surface area contributed by atoms with Crippen LogP contribution in [0, 0.1) is 13.8 Å². The number of alkyl halides is 2. The first-order valence-electron chi connectivity index (χ1n) is 7.76. The Kier molecular flexibility index (Phi) is 6.22. The van der Waals surface area contributed by atoms with Gasteiger partial charge in [0.15, 0.2) is 6.61 Å². The van der Waals surface area contributed by atoms with Crippen molar-refractivity contribution in [1.82, 2.24) is 9.78 Å². The van der Waals surface area contributed by atoms with Gasteiger partial charge < -0.3 is 14.8 Å². The third-order valence-corrected chi connectivity index (χ3v) is 3.63. The second-order valence-electron chi connectivity index (χ2n) is 5.50. The second-order valence-corrected chi connectivity index (χ2v) is 5.50. The number of aryl methyl sites for hydroxylation is 2. The zero-order valence-electron chi connectivity index (χ0n) is 14.8. The Morgan fingerprint density at radius 1 is 1.22 bits per heavy atom. The van der Waals surface area contributed by atoms with Crippen LogP contribution >= 0.6 is 0 Å². The summed E-state index contributed by atoms with van der Waals surface area (Å²) >= 11 is 0. The van der Waals surface area contributed by atoms with Crippen LogP contribution in [-0.2, 0) is 21.4 Å². The van der Waals surface area contributed by atoms with Crippen LogP contribution in [0.4, 0.5) is 14.5 Å². The van der Waals surface area contributed by atoms with Crippen molar-refractivity contribution in [2.45, 2.75) is 20.5 Å². The maximum absolute atomic E-state index is 12.4. The Morgan fingerprint density at radius 2 is 1.89 bits per heavy atom. The van der Waals surface area contributed by atoms with Crippen LogP contribution in [0.3, 0.4) is 0 Å². The van der Waals surface area contributed by atoms with E-state index in [0.29, 0.717) is 11.4 Å². The third-order valence-electron chi connectivity index (χ3n) is 3.63. The average Bonchev–Trinajstić information content (AvgIpc) is 2.85. The van der Waals surface area contributed by atoms with Crippen molar-refractivity contribution in [3.05, 3.63) is 41.2 Å². The Labute approximate surface area is 153 Å². The predicted octanol–water partition coefficient (Wildman–Crippen LogP) is 2.00. The van der Waals surface area contributed by atoms with Gasteiger partial charge in [-0.2, -0.15) is 13.9 Å². The number of carbonyl (C=O) groups is 3. The van der Waals surface area contributed by atoms with Gasteiger partial charge in [-0.3, -0.25) is 14.3 Å². The molecule has 8 nitrogen and oxygen atoms in total. The first-order valence-corrected chi connectivity index (χ1v) is 7.76. The summed E-state index contributed by atoms with van der Waals surface area (Å²) in [7, 11) is 1.62. The van der Waals surface area contributed by atoms with Gasteiger partial charge in [-0.15, -0.1) is 0 Å². The first kappa shape index (κ1) is 20.0. The van der Waals surface area contributed by atoms with Crippen LogP contribution < -0.4 is 10.1 Å². The number of benzene rings is 1. The number of nitrogens with zero attached hydrogens (tertiary/aromatic N) is 2. The third kappa shape index (κ3) is 4.87. The smallest absolute Gasteiger partial charge is 0.387 e. The molecule has 1 aromatic carbocycles. The molecule has 1 N–H and O–H groups in total. The van der Waals surface area contributed by atoms with E-state index in [1.54, 1.807) is 20.9 Å². The molecule has 1 heterocycles. The molecule has 0 unspecified atom stereocenters. The average molecular weight is 381 g/mol. The highest BCUT2D eigenvalue weighted by molar-refractivity contribution is 6.41. The Hall–Kier alpha value is -3.30. The summed E-state index contributed by atoms with van der Waals surface area (Å²) < 4.78 is 35.2. The quantitative estimate of drug-likeness (QED) is 0.447. The lowest BCUT2D eigenvalue weighted by Crippen LogP contribution is -2.25. The van der Waals surface area contributed by atoms with Gasteiger partial charge in [0.1, 0.15) is 5.75 Å². The number of Topliss-reactive ketones (excluding diaryl/α,β-unsaturated/α-hetero) is 1. The second kappa shape index (κ2) is 8.39. The number of hydrogen-bond donors (Lipinski definition) is 1. The highest BCUT2D eigenvalue weighted by Gasteiger charge is 2.26. The molecule has 0 radical (unpaired) electrons. The van der Waals surface area contributed by atoms with Crippen LogP contribution in [0.1, 0.15) is 21.7 Å². The maximum atomic E-state index is 12.4. The normalized spacial score (nSPS) is 10.6. The van der Waals surface area contributed by atoms with E-state index in [2.05, 4.69) is 15.2 Å². The van der Waals surface area contributed by atoms with Gasteiger partial charge in [-0.05, 0) is 26.0 Å². The number of ether oxygens (including phenoxy) is 2. The predicted molar refractivity (Wildman–Crippen MR) is 89.7 cm³/mol. The number of amides is 1. The zero-order valence-corrected chi connectivity index (χ0v) is 14.8. The lowest BCUT2D eigenvalue weighted by atomic mass is 10.1. The minimum atomic E-state index is -3.07. The molecular weight excluding hydrogens is 364 g/mol. The van der Waals surface area contributed by atoms with Crippen molar-refractivity contribution in [1.29, 1.82) is 0 Å². The molecule has 0 atom stereocenters. The number of carbonyl (C=O) groups excluding carboxylic acids is 3. The molecular formula is C17H17F2N3O5. The standard InChI is InChI=1S/C17H17F2N3O5/c1-9-14(10(2)22(3)21-9)15(24)16(25)26-8-13(23)20-11-6-4-5-7-12(11)27-17(18)19/h4-7,17H,8H2,1-3H3,(H,20,23). The van der Waals surface area contributed by atoms with Gasteiger partial charge in [0.2, 0.25) is 0 Å². The van der Waals surface area contributed by atoms with Gasteiger partial charge in [-0.1, -0.05) is 12.1 Å². The molecule has 1 aromatic heterocycles. The molecule has 0 fully saturated rings. The molecule has 0 spiro atoms. The highest BCUT2D eigenvalue weighted by Crippen LogP contribution is 2.25. The maximum Gasteiger partial charge on any atom is 0.387 e. The number of para-hydroxylation sites is 2. The molecule has 2 rings (SSSR count). The van der Waals surface area contributed by atoms with E-state index >= 15 is 0 Å². The van der Waals surface area contributed by atoms with Gasteiger partial charge in [0.25, 0.3) is 11.7 Å². The minimum Gasteiger partial charge on any atom is -0.450 e. The number of halogens is 2. The van der Waals surface area contributed by atoms with Crippen molar-refractivity contribution < 1.29 is 32.6 Å². The van der Waals surface area contributed by atoms with Gasteiger partial charge in [0.05, 0.1) is 16.9 Å². The summed E-state index contributed by atoms with van der Waals surface area (Å²) in [4.78, 5) is 36.0. The molecule has 0 saturated carbocycles. The van der Waals surface area contributed by atoms with Crippen molar-refractivity contribution in [3.63, 3.8) is 0 Å². The van der Waals surface area contributed by atoms with Gasteiger partial charge >= 0.3 is 12.6 Å². The van der Waals surface area contributed by atoms with Crippen molar-refractivity contribution >= 4 is 23.3 Å². The van der Waals surface area contributed by atoms with Gasteiger partial charge in [-0.25, -0.2) is 4.79 Å². The van der Waals surface area contributed by atoms with Crippen LogP contribution in [-0.4, -0.2) is 40.7 Å². The van der Waals surface area contributed by atoms with E-state index in [1.807, 2.05) is 0 Å². The fourth-order valence-electron chi connectivity index (χ4n) is 2.36. The molecule has 2 aromatic rings. The number of anilines is 1. The van der Waals surface area contributed by atoms with Crippen molar-refractivity contribution in [3.8, 4) is 5.75 Å². The molecule has 0 aliphatic carbocycles. The Balaban J connectivity index is 1.98. The summed E-state index contributed by atoms with van der Waals surface area (Å²) in [6.07, 6.45) is 0. The molecule has 10 heteroatoms. The summed E-state index contributed by atoms with van der Waals surface area (Å²) in [5.74, 6) is -3.21. The molecule has 144 valence electrons. The molecule has 27 heavy (non-hydrogen) atoms. The van der Waals surface area contributed by atoms with Crippen LogP contribution in [0.2, 0.25) is 0 Å². The van der Waals surface area contributed by atoms with E-state index in [0.717, 1.165) is 0 Å². The molecule has 0 aliphatic rings. The number of aromatic nitrogens is 2. The molecule has 1 amide bonds. The van der Waals surface area contributed by atoms with E-state index in [9.17, 15) is 23.2 Å². The Morgan fingerprint density at radius 3 is 2.48 bits per heavy atom. The van der Waals surface area contributed by atoms with Crippen LogP contribution in [0.15, 0.2) is 24.3 Å². The summed E-state index contributed by atoms with van der Waals surface area (Å²) in [6.45, 7) is -0.649. The fourth-order valence-corrected chi connectivity index (χ4v) is 2.36. The molecule has 0 saturated heterocycles. The largest absolute Gasteiger partial charge is 0.450 e. The number of esters is 1. The summed E-state index contributed by atoms with van der Waals surface area (Å²) in [6, 6.07) is 5.53. The van der Waals surface area contributed by atoms with E-state index in [1.165, 1.54) is 28.9 Å². The molecule has 0 bridgehead atoms. The lowest BCUT2D eigenvalue weighted by molar-refractivity contribution is -0.142. The minimum absolute atomic E-state index is 0.0240. The highest BCUT2D eigenvalue weighted by atomic mass is 19.3. The first-order chi connectivity index (χ1) is 12.7. The van der Waals surface area contributed by atoms with Crippen molar-refractivity contribution in [2.75, 3.05) is 11.9 Å². The van der Waals surface area contributed by atoms with Crippen LogP contribution in [0.5, 0.6) is 5.75 Å². The van der Waals surface area contributed by atoms with Gasteiger partial charge in [0, 0.05) is 12.7 Å². The number of hydrogen-bond acceptors (Lipinski definition) is 6. The van der Waals surface area contributed by atoms with Crippen LogP contribution in [0.25, 0.3) is 0 Å². The summed E-state index contributed by atoms with van der Waals surface area (Å²) in [5, 5.41) is 6.31. The topological polar surface area (TPSA) is 99.5 Å². The fraction of sp³-hybridized carbons (Fsp3) is 0.294. The Bertz CT molecular complexity index is 879. The SMILES string of the molecule is Cc1nn(C)c(C)c1C(=O)C(=O)OCC(=O)Nc1ccccc1OC(F)F. The van der Waals surface area contributed by atoms with Crippen molar-refractivity contribution in [2.24, 2.45) is 7.05 Å². The monoisotopic (exact) mass is 381 g/mol. The lowest BCUT2D eigenvalue weighted by Gasteiger charge is -2.11. The summed E-state index contributed by atoms with van der Waals surface area (Å²) in [5.41, 5.74) is 0.930. The van der Waals surface area contributed by atoms with E-state index < -0.39 is 30.9 Å². The van der Waals surface area contributed by atoms with E-state index in [4.69, 9.17) is 4.74 Å². The van der Waals surface area contributed by atoms with E-state index in [-0.39, 0.29) is 17.0 Å². The number of rotatable bonds is 7. The number of nitrogens with one attached hydrogen (secondary N) is 1. The number of ketones is 1. The molecule has 0 aliphatic heterocycles.